The van der Waals surface area contributed by atoms with Crippen molar-refractivity contribution in [3.05, 3.63) is 0 Å². The van der Waals surface area contributed by atoms with Gasteiger partial charge in [-0.25, -0.2) is 4.99 Å². The fourth-order valence-electron chi connectivity index (χ4n) is 0.767. The molecule has 1 nitrogen and oxygen atoms in total. The van der Waals surface area contributed by atoms with Gasteiger partial charge in [-0.05, 0) is 37.9 Å². The maximum Gasteiger partial charge on any atom is 0.0602 e. The van der Waals surface area contributed by atoms with Crippen LogP contribution in [0.25, 0.3) is 0 Å². The number of isothiocyanates is 1. The number of hydrogen-bond acceptors (Lipinski definition) is 2. The van der Waals surface area contributed by atoms with E-state index in [1.807, 2.05) is 0 Å². The molecule has 0 radical (unpaired) electrons. The summed E-state index contributed by atoms with van der Waals surface area (Å²) in [6, 6.07) is 0.438. The van der Waals surface area contributed by atoms with E-state index >= 15 is 0 Å². The van der Waals surface area contributed by atoms with Crippen LogP contribution >= 0.6 is 12.2 Å². The van der Waals surface area contributed by atoms with E-state index in [1.54, 1.807) is 0 Å². The largest absolute Gasteiger partial charge is 0.229 e. The van der Waals surface area contributed by atoms with E-state index in [0.717, 1.165) is 5.92 Å². The van der Waals surface area contributed by atoms with Crippen LogP contribution in [0, 0.1) is 5.92 Å². The van der Waals surface area contributed by atoms with Gasteiger partial charge in [-0.1, -0.05) is 0 Å². The van der Waals surface area contributed by atoms with Crippen LogP contribution in [0.2, 0.25) is 0 Å². The standard InChI is InChI=1S/C6H9NS/c1-5(7-4-8)6-2-3-6/h5-6H,2-3H2,1H3/t5-/m1/s1. The number of hydrogen-bond donors (Lipinski definition) is 0. The summed E-state index contributed by atoms with van der Waals surface area (Å²) in [6.45, 7) is 2.09. The van der Waals surface area contributed by atoms with Gasteiger partial charge >= 0.3 is 0 Å². The Morgan fingerprint density at radius 1 is 1.75 bits per heavy atom. The molecule has 0 N–H and O–H groups in total. The Labute approximate surface area is 54.8 Å². The first-order chi connectivity index (χ1) is 3.84. The van der Waals surface area contributed by atoms with Crippen molar-refractivity contribution in [2.45, 2.75) is 25.8 Å². The molecule has 8 heavy (non-hydrogen) atoms. The van der Waals surface area contributed by atoms with Crippen LogP contribution in [-0.2, 0) is 0 Å². The molecule has 1 rings (SSSR count). The molecular weight excluding hydrogens is 118 g/mol. The third-order valence-corrected chi connectivity index (χ3v) is 1.67. The van der Waals surface area contributed by atoms with Gasteiger partial charge in [0.2, 0.25) is 0 Å². The van der Waals surface area contributed by atoms with Gasteiger partial charge in [-0.3, -0.25) is 0 Å². The molecule has 44 valence electrons. The summed E-state index contributed by atoms with van der Waals surface area (Å²) < 4.78 is 0. The van der Waals surface area contributed by atoms with Gasteiger partial charge in [0, 0.05) is 0 Å². The highest BCUT2D eigenvalue weighted by molar-refractivity contribution is 7.78. The molecule has 0 amide bonds. The van der Waals surface area contributed by atoms with Crippen LogP contribution < -0.4 is 0 Å². The van der Waals surface area contributed by atoms with Crippen molar-refractivity contribution in [3.63, 3.8) is 0 Å². The first kappa shape index (κ1) is 5.93. The van der Waals surface area contributed by atoms with Crippen molar-refractivity contribution in [2.24, 2.45) is 10.9 Å². The van der Waals surface area contributed by atoms with E-state index < -0.39 is 0 Å². The number of aliphatic imine (C=N–C) groups is 1. The van der Waals surface area contributed by atoms with Crippen LogP contribution in [0.5, 0.6) is 0 Å². The molecule has 0 aromatic heterocycles. The average molecular weight is 127 g/mol. The second kappa shape index (κ2) is 2.38. The van der Waals surface area contributed by atoms with Gasteiger partial charge in [-0.2, -0.15) is 0 Å². The Balaban J connectivity index is 2.32. The number of rotatable bonds is 2. The zero-order valence-corrected chi connectivity index (χ0v) is 5.74. The lowest BCUT2D eigenvalue weighted by Gasteiger charge is -1.95. The molecular formula is C6H9NS. The molecule has 1 fully saturated rings. The summed E-state index contributed by atoms with van der Waals surface area (Å²) in [4.78, 5) is 3.95. The lowest BCUT2D eigenvalue weighted by molar-refractivity contribution is 0.657. The molecule has 0 aromatic rings. The number of thiocarbonyl (C=S) groups is 1. The average Bonchev–Trinajstić information content (AvgIpc) is 2.45. The molecule has 0 heterocycles. The summed E-state index contributed by atoms with van der Waals surface area (Å²) in [5.74, 6) is 0.824. The van der Waals surface area contributed by atoms with Crippen molar-refractivity contribution in [1.82, 2.24) is 0 Å². The van der Waals surface area contributed by atoms with Gasteiger partial charge in [0.25, 0.3) is 0 Å². The van der Waals surface area contributed by atoms with Gasteiger partial charge in [-0.15, -0.1) is 0 Å². The third-order valence-electron chi connectivity index (χ3n) is 1.56. The highest BCUT2D eigenvalue weighted by Gasteiger charge is 2.27. The third kappa shape index (κ3) is 1.39. The lowest BCUT2D eigenvalue weighted by Crippen LogP contribution is -1.97. The van der Waals surface area contributed by atoms with E-state index in [4.69, 9.17) is 0 Å². The van der Waals surface area contributed by atoms with Crippen LogP contribution in [0.15, 0.2) is 4.99 Å². The van der Waals surface area contributed by atoms with E-state index in [1.165, 1.54) is 12.8 Å². The zero-order chi connectivity index (χ0) is 5.98. The van der Waals surface area contributed by atoms with Crippen LogP contribution in [-0.4, -0.2) is 11.2 Å². The Bertz CT molecular complexity index is 122. The maximum atomic E-state index is 4.46. The SMILES string of the molecule is C[C@@H](N=C=S)C1CC1. The molecule has 2 heteroatoms. The summed E-state index contributed by atoms with van der Waals surface area (Å²) >= 11 is 4.46. The Kier molecular flexibility index (Phi) is 1.77. The van der Waals surface area contributed by atoms with E-state index in [0.29, 0.717) is 6.04 Å². The van der Waals surface area contributed by atoms with Gasteiger partial charge < -0.3 is 0 Å². The quantitative estimate of drug-likeness (QED) is 0.407. The van der Waals surface area contributed by atoms with Crippen molar-refractivity contribution >= 4 is 17.4 Å². The minimum Gasteiger partial charge on any atom is -0.229 e. The smallest absolute Gasteiger partial charge is 0.0602 e. The Morgan fingerprint density at radius 3 is 2.75 bits per heavy atom. The van der Waals surface area contributed by atoms with Crippen LogP contribution in [0.1, 0.15) is 19.8 Å². The van der Waals surface area contributed by atoms with Gasteiger partial charge in [0.15, 0.2) is 0 Å². The van der Waals surface area contributed by atoms with Crippen molar-refractivity contribution in [3.8, 4) is 0 Å². The molecule has 0 aliphatic heterocycles. The van der Waals surface area contributed by atoms with Crippen LogP contribution in [0.3, 0.4) is 0 Å². The molecule has 0 bridgehead atoms. The molecule has 1 saturated carbocycles. The summed E-state index contributed by atoms with van der Waals surface area (Å²) in [5.41, 5.74) is 0. The topological polar surface area (TPSA) is 12.4 Å². The molecule has 1 aliphatic rings. The summed E-state index contributed by atoms with van der Waals surface area (Å²) in [5, 5.41) is 2.40. The predicted molar refractivity (Wildman–Crippen MR) is 37.2 cm³/mol. The fraction of sp³-hybridized carbons (Fsp3) is 0.833. The Hall–Kier alpha value is -0.200. The monoisotopic (exact) mass is 127 g/mol. The lowest BCUT2D eigenvalue weighted by atomic mass is 10.2. The zero-order valence-electron chi connectivity index (χ0n) is 4.92. The minimum absolute atomic E-state index is 0.438. The Morgan fingerprint density at radius 2 is 2.38 bits per heavy atom. The highest BCUT2D eigenvalue weighted by Crippen LogP contribution is 2.33. The normalized spacial score (nSPS) is 21.6. The minimum atomic E-state index is 0.438. The molecule has 0 saturated heterocycles. The second-order valence-corrected chi connectivity index (χ2v) is 2.48. The van der Waals surface area contributed by atoms with E-state index in [-0.39, 0.29) is 0 Å². The highest BCUT2D eigenvalue weighted by atomic mass is 32.1. The molecule has 1 aliphatic carbocycles. The summed E-state index contributed by atoms with van der Waals surface area (Å²) in [6.07, 6.45) is 2.67. The van der Waals surface area contributed by atoms with Crippen molar-refractivity contribution < 1.29 is 0 Å². The van der Waals surface area contributed by atoms with Gasteiger partial charge in [0.1, 0.15) is 0 Å². The first-order valence-electron chi connectivity index (χ1n) is 2.91. The fourth-order valence-corrected chi connectivity index (χ4v) is 0.933. The van der Waals surface area contributed by atoms with E-state index in [2.05, 4.69) is 29.3 Å². The molecule has 0 unspecified atom stereocenters. The molecule has 1 atom stereocenters. The predicted octanol–water partition coefficient (Wildman–Crippen LogP) is 1.89. The van der Waals surface area contributed by atoms with Crippen molar-refractivity contribution in [2.75, 3.05) is 0 Å². The summed E-state index contributed by atoms with van der Waals surface area (Å²) in [7, 11) is 0. The van der Waals surface area contributed by atoms with Gasteiger partial charge in [0.05, 0.1) is 11.2 Å². The maximum absolute atomic E-state index is 4.46. The van der Waals surface area contributed by atoms with E-state index in [9.17, 15) is 0 Å². The van der Waals surface area contributed by atoms with Crippen molar-refractivity contribution in [1.29, 1.82) is 0 Å². The second-order valence-electron chi connectivity index (χ2n) is 2.30. The molecule has 0 spiro atoms. The van der Waals surface area contributed by atoms with Crippen LogP contribution in [0.4, 0.5) is 0 Å². The molecule has 0 aromatic carbocycles. The first-order valence-corrected chi connectivity index (χ1v) is 3.32. The number of nitrogens with zero attached hydrogens (tertiary/aromatic N) is 1.